The van der Waals surface area contributed by atoms with Gasteiger partial charge in [0, 0.05) is 31.1 Å². The van der Waals surface area contributed by atoms with Gasteiger partial charge >= 0.3 is 0 Å². The standard InChI is InChI=1S/C17H25N3O3S.ClH/c1-23-10-9-19-16(21)12-24-15-7-3-2-6-14(15)17(22)20-13-5-4-8-18-11-13;/h2-3,6-7,13,18H,4-5,8-12H2,1H3,(H,19,21)(H,20,22);1H. The summed E-state index contributed by atoms with van der Waals surface area (Å²) in [5, 5.41) is 9.14. The van der Waals surface area contributed by atoms with E-state index in [1.165, 1.54) is 11.8 Å². The number of thioether (sulfide) groups is 1. The fraction of sp³-hybridized carbons (Fsp3) is 0.529. The second-order valence-corrected chi connectivity index (χ2v) is 6.66. The first kappa shape index (κ1) is 21.8. The van der Waals surface area contributed by atoms with Crippen LogP contribution in [0.2, 0.25) is 0 Å². The fourth-order valence-electron chi connectivity index (χ4n) is 2.51. The number of hydrogen-bond acceptors (Lipinski definition) is 5. The molecule has 1 aromatic rings. The van der Waals surface area contributed by atoms with E-state index in [2.05, 4.69) is 16.0 Å². The predicted octanol–water partition coefficient (Wildman–Crippen LogP) is 1.44. The highest BCUT2D eigenvalue weighted by Crippen LogP contribution is 2.22. The highest BCUT2D eigenvalue weighted by Gasteiger charge is 2.18. The van der Waals surface area contributed by atoms with E-state index in [9.17, 15) is 9.59 Å². The Morgan fingerprint density at radius 3 is 2.88 bits per heavy atom. The van der Waals surface area contributed by atoms with Crippen LogP contribution >= 0.6 is 24.2 Å². The van der Waals surface area contributed by atoms with Crippen LogP contribution in [0.4, 0.5) is 0 Å². The minimum atomic E-state index is -0.0772. The fourth-order valence-corrected chi connectivity index (χ4v) is 3.38. The summed E-state index contributed by atoms with van der Waals surface area (Å²) >= 11 is 1.37. The quantitative estimate of drug-likeness (QED) is 0.464. The van der Waals surface area contributed by atoms with Crippen LogP contribution in [0.15, 0.2) is 29.2 Å². The molecular formula is C17H26ClN3O3S. The second kappa shape index (κ2) is 12.1. The molecule has 1 heterocycles. The van der Waals surface area contributed by atoms with Crippen LogP contribution in [0.1, 0.15) is 23.2 Å². The van der Waals surface area contributed by atoms with Crippen molar-refractivity contribution in [1.29, 1.82) is 0 Å². The summed E-state index contributed by atoms with van der Waals surface area (Å²) in [6.07, 6.45) is 2.07. The largest absolute Gasteiger partial charge is 0.383 e. The van der Waals surface area contributed by atoms with Crippen LogP contribution in [-0.4, -0.2) is 57.0 Å². The minimum Gasteiger partial charge on any atom is -0.383 e. The Morgan fingerprint density at radius 2 is 2.16 bits per heavy atom. The Hall–Kier alpha value is -1.28. The Morgan fingerprint density at radius 1 is 1.36 bits per heavy atom. The van der Waals surface area contributed by atoms with Crippen molar-refractivity contribution in [3.8, 4) is 0 Å². The molecule has 0 saturated carbocycles. The predicted molar refractivity (Wildman–Crippen MR) is 103 cm³/mol. The SMILES string of the molecule is COCCNC(=O)CSc1ccccc1C(=O)NC1CCCNC1.Cl. The van der Waals surface area contributed by atoms with Gasteiger partial charge in [-0.25, -0.2) is 0 Å². The summed E-state index contributed by atoms with van der Waals surface area (Å²) in [5.74, 6) is 0.134. The Bertz CT molecular complexity index is 554. The zero-order valence-corrected chi connectivity index (χ0v) is 16.0. The first-order valence-corrected chi connectivity index (χ1v) is 9.18. The average Bonchev–Trinajstić information content (AvgIpc) is 2.61. The number of carbonyl (C=O) groups is 2. The summed E-state index contributed by atoms with van der Waals surface area (Å²) in [5.41, 5.74) is 0.623. The number of halogens is 1. The highest BCUT2D eigenvalue weighted by atomic mass is 35.5. The van der Waals surface area contributed by atoms with E-state index in [1.54, 1.807) is 13.2 Å². The van der Waals surface area contributed by atoms with Gasteiger partial charge in [0.05, 0.1) is 17.9 Å². The normalized spacial score (nSPS) is 16.6. The van der Waals surface area contributed by atoms with Crippen molar-refractivity contribution in [2.75, 3.05) is 39.1 Å². The van der Waals surface area contributed by atoms with Crippen molar-refractivity contribution in [2.24, 2.45) is 0 Å². The number of hydrogen-bond donors (Lipinski definition) is 3. The van der Waals surface area contributed by atoms with Crippen molar-refractivity contribution in [3.05, 3.63) is 29.8 Å². The molecule has 140 valence electrons. The van der Waals surface area contributed by atoms with E-state index in [4.69, 9.17) is 4.74 Å². The number of amides is 2. The molecule has 0 radical (unpaired) electrons. The number of benzene rings is 1. The van der Waals surface area contributed by atoms with E-state index < -0.39 is 0 Å². The smallest absolute Gasteiger partial charge is 0.252 e. The van der Waals surface area contributed by atoms with Crippen molar-refractivity contribution >= 4 is 36.0 Å². The maximum Gasteiger partial charge on any atom is 0.252 e. The van der Waals surface area contributed by atoms with E-state index in [1.807, 2.05) is 18.2 Å². The monoisotopic (exact) mass is 387 g/mol. The van der Waals surface area contributed by atoms with E-state index in [0.717, 1.165) is 30.8 Å². The highest BCUT2D eigenvalue weighted by molar-refractivity contribution is 8.00. The van der Waals surface area contributed by atoms with Gasteiger partial charge in [0.25, 0.3) is 5.91 Å². The summed E-state index contributed by atoms with van der Waals surface area (Å²) in [7, 11) is 1.59. The molecular weight excluding hydrogens is 362 g/mol. The van der Waals surface area contributed by atoms with Gasteiger partial charge in [0.2, 0.25) is 5.91 Å². The summed E-state index contributed by atoms with van der Waals surface area (Å²) < 4.78 is 4.90. The number of methoxy groups -OCH3 is 1. The van der Waals surface area contributed by atoms with Crippen LogP contribution < -0.4 is 16.0 Å². The number of piperidine rings is 1. The average molecular weight is 388 g/mol. The maximum absolute atomic E-state index is 12.5. The van der Waals surface area contributed by atoms with Gasteiger partial charge in [-0.05, 0) is 31.5 Å². The van der Waals surface area contributed by atoms with E-state index >= 15 is 0 Å². The van der Waals surface area contributed by atoms with Crippen LogP contribution in [0, 0.1) is 0 Å². The first-order chi connectivity index (χ1) is 11.7. The molecule has 1 saturated heterocycles. The van der Waals surface area contributed by atoms with Crippen LogP contribution in [-0.2, 0) is 9.53 Å². The van der Waals surface area contributed by atoms with Crippen molar-refractivity contribution in [3.63, 3.8) is 0 Å². The molecule has 0 bridgehead atoms. The Balaban J connectivity index is 0.00000312. The molecule has 1 atom stereocenters. The lowest BCUT2D eigenvalue weighted by Crippen LogP contribution is -2.45. The van der Waals surface area contributed by atoms with Gasteiger partial charge in [-0.3, -0.25) is 9.59 Å². The molecule has 25 heavy (non-hydrogen) atoms. The first-order valence-electron chi connectivity index (χ1n) is 8.19. The van der Waals surface area contributed by atoms with Gasteiger partial charge in [-0.15, -0.1) is 24.2 Å². The Labute approximate surface area is 159 Å². The van der Waals surface area contributed by atoms with Gasteiger partial charge in [-0.2, -0.15) is 0 Å². The van der Waals surface area contributed by atoms with Crippen molar-refractivity contribution < 1.29 is 14.3 Å². The van der Waals surface area contributed by atoms with Gasteiger partial charge < -0.3 is 20.7 Å². The lowest BCUT2D eigenvalue weighted by Gasteiger charge is -2.24. The molecule has 0 aliphatic carbocycles. The summed E-state index contributed by atoms with van der Waals surface area (Å²) in [6.45, 7) is 2.80. The van der Waals surface area contributed by atoms with Crippen LogP contribution in [0.3, 0.4) is 0 Å². The molecule has 0 spiro atoms. The molecule has 0 aromatic heterocycles. The van der Waals surface area contributed by atoms with Crippen LogP contribution in [0.25, 0.3) is 0 Å². The molecule has 8 heteroatoms. The lowest BCUT2D eigenvalue weighted by molar-refractivity contribution is -0.118. The van der Waals surface area contributed by atoms with Crippen molar-refractivity contribution in [1.82, 2.24) is 16.0 Å². The third-order valence-electron chi connectivity index (χ3n) is 3.75. The molecule has 2 amide bonds. The summed E-state index contributed by atoms with van der Waals surface area (Å²) in [4.78, 5) is 25.1. The number of ether oxygens (including phenoxy) is 1. The topological polar surface area (TPSA) is 79.5 Å². The van der Waals surface area contributed by atoms with Gasteiger partial charge in [0.15, 0.2) is 0 Å². The molecule has 1 aromatic carbocycles. The Kier molecular flexibility index (Phi) is 10.6. The number of rotatable bonds is 8. The molecule has 1 aliphatic heterocycles. The number of carbonyl (C=O) groups excluding carboxylic acids is 2. The van der Waals surface area contributed by atoms with Gasteiger partial charge in [0.1, 0.15) is 0 Å². The molecule has 6 nitrogen and oxygen atoms in total. The third kappa shape index (κ3) is 7.64. The zero-order valence-electron chi connectivity index (χ0n) is 14.4. The summed E-state index contributed by atoms with van der Waals surface area (Å²) in [6, 6.07) is 7.57. The number of nitrogens with one attached hydrogen (secondary N) is 3. The maximum atomic E-state index is 12.5. The molecule has 3 N–H and O–H groups in total. The van der Waals surface area contributed by atoms with Gasteiger partial charge in [-0.1, -0.05) is 12.1 Å². The lowest BCUT2D eigenvalue weighted by atomic mass is 10.1. The molecule has 1 unspecified atom stereocenters. The zero-order chi connectivity index (χ0) is 17.2. The van der Waals surface area contributed by atoms with E-state index in [-0.39, 0.29) is 36.0 Å². The molecule has 2 rings (SSSR count). The van der Waals surface area contributed by atoms with E-state index in [0.29, 0.717) is 18.7 Å². The van der Waals surface area contributed by atoms with Crippen LogP contribution in [0.5, 0.6) is 0 Å². The minimum absolute atomic E-state index is 0. The molecule has 1 fully saturated rings. The van der Waals surface area contributed by atoms with Crippen molar-refractivity contribution in [2.45, 2.75) is 23.8 Å². The third-order valence-corrected chi connectivity index (χ3v) is 4.82. The molecule has 1 aliphatic rings. The second-order valence-electron chi connectivity index (χ2n) is 5.64.